The molecule has 0 saturated carbocycles. The molecule has 2 aromatic carbocycles. The quantitative estimate of drug-likeness (QED) is 0.714. The number of rotatable bonds is 4. The molecular weight excluding hydrogens is 368 g/mol. The highest BCUT2D eigenvalue weighted by molar-refractivity contribution is 5.80. The molecule has 6 nitrogen and oxygen atoms in total. The maximum Gasteiger partial charge on any atom is 0.252 e. The lowest BCUT2D eigenvalue weighted by molar-refractivity contribution is 0.0457. The number of methoxy groups -OCH3 is 1. The molecular formula is C23H24N2O4. The Labute approximate surface area is 168 Å². The number of hydrogen-bond donors (Lipinski definition) is 2. The van der Waals surface area contributed by atoms with E-state index in [0.29, 0.717) is 25.3 Å². The standard InChI is InChI=1S/C23H24N2O4/c1-28-17-6-7-20-15(9-17)8-16(22(27)24-20)10-25-11-19-18-4-2-3-5-21(18)29-14-23(19,12-25)13-26/h2-9,19,26H,10-14H2,1H3,(H,24,27)/t19-,23-/m1/s1. The number of fused-ring (bicyclic) bond motifs is 4. The van der Waals surface area contributed by atoms with Gasteiger partial charge in [-0.15, -0.1) is 0 Å². The van der Waals surface area contributed by atoms with Crippen molar-refractivity contribution in [3.63, 3.8) is 0 Å². The molecule has 1 aromatic heterocycles. The molecule has 0 spiro atoms. The van der Waals surface area contributed by atoms with Crippen molar-refractivity contribution in [3.8, 4) is 11.5 Å². The van der Waals surface area contributed by atoms with Crippen molar-refractivity contribution >= 4 is 10.9 Å². The normalized spacial score (nSPS) is 23.4. The van der Waals surface area contributed by atoms with Gasteiger partial charge in [-0.05, 0) is 35.9 Å². The lowest BCUT2D eigenvalue weighted by Crippen LogP contribution is -2.42. The first-order chi connectivity index (χ1) is 14.1. The van der Waals surface area contributed by atoms with Crippen LogP contribution in [0.15, 0.2) is 53.3 Å². The number of aliphatic hydroxyl groups excluding tert-OH is 1. The van der Waals surface area contributed by atoms with Crippen LogP contribution >= 0.6 is 0 Å². The molecule has 2 atom stereocenters. The molecule has 2 aliphatic heterocycles. The van der Waals surface area contributed by atoms with E-state index in [0.717, 1.165) is 34.5 Å². The highest BCUT2D eigenvalue weighted by Gasteiger charge is 2.50. The molecule has 0 aliphatic carbocycles. The number of ether oxygens (including phenoxy) is 2. The summed E-state index contributed by atoms with van der Waals surface area (Å²) in [6, 6.07) is 15.6. The van der Waals surface area contributed by atoms with Gasteiger partial charge < -0.3 is 19.6 Å². The number of para-hydroxylation sites is 1. The molecule has 6 heteroatoms. The number of aromatic nitrogens is 1. The largest absolute Gasteiger partial charge is 0.497 e. The van der Waals surface area contributed by atoms with Gasteiger partial charge in [0.05, 0.1) is 20.3 Å². The summed E-state index contributed by atoms with van der Waals surface area (Å²) in [5.41, 5.74) is 2.25. The molecule has 1 fully saturated rings. The van der Waals surface area contributed by atoms with Crippen LogP contribution in [0.5, 0.6) is 11.5 Å². The first-order valence-corrected chi connectivity index (χ1v) is 9.87. The number of aliphatic hydroxyl groups is 1. The van der Waals surface area contributed by atoms with E-state index in [4.69, 9.17) is 9.47 Å². The molecule has 0 unspecified atom stereocenters. The second-order valence-electron chi connectivity index (χ2n) is 8.15. The van der Waals surface area contributed by atoms with Crippen molar-refractivity contribution in [2.45, 2.75) is 12.5 Å². The molecule has 3 aromatic rings. The van der Waals surface area contributed by atoms with Gasteiger partial charge in [-0.3, -0.25) is 9.69 Å². The van der Waals surface area contributed by atoms with Crippen LogP contribution in [-0.2, 0) is 6.54 Å². The van der Waals surface area contributed by atoms with E-state index < -0.39 is 0 Å². The fourth-order valence-electron chi connectivity index (χ4n) is 4.81. The van der Waals surface area contributed by atoms with E-state index in [1.807, 2.05) is 42.5 Å². The Morgan fingerprint density at radius 3 is 2.97 bits per heavy atom. The molecule has 5 rings (SSSR count). The Morgan fingerprint density at radius 1 is 1.28 bits per heavy atom. The summed E-state index contributed by atoms with van der Waals surface area (Å²) < 4.78 is 11.3. The maximum atomic E-state index is 12.7. The Bertz CT molecular complexity index is 1130. The van der Waals surface area contributed by atoms with Crippen molar-refractivity contribution in [1.82, 2.24) is 9.88 Å². The fraction of sp³-hybridized carbons (Fsp3) is 0.348. The lowest BCUT2D eigenvalue weighted by atomic mass is 9.74. The smallest absolute Gasteiger partial charge is 0.252 e. The van der Waals surface area contributed by atoms with Gasteiger partial charge >= 0.3 is 0 Å². The molecule has 3 heterocycles. The zero-order valence-electron chi connectivity index (χ0n) is 16.4. The van der Waals surface area contributed by atoms with Crippen molar-refractivity contribution in [2.75, 3.05) is 33.4 Å². The van der Waals surface area contributed by atoms with Crippen LogP contribution in [0.2, 0.25) is 0 Å². The summed E-state index contributed by atoms with van der Waals surface area (Å²) in [5.74, 6) is 1.85. The van der Waals surface area contributed by atoms with Gasteiger partial charge in [-0.1, -0.05) is 18.2 Å². The Kier molecular flexibility index (Phi) is 4.33. The number of nitrogens with one attached hydrogen (secondary N) is 1. The molecule has 2 N–H and O–H groups in total. The average Bonchev–Trinajstić information content (AvgIpc) is 3.13. The first-order valence-electron chi connectivity index (χ1n) is 9.87. The maximum absolute atomic E-state index is 12.7. The van der Waals surface area contributed by atoms with Crippen LogP contribution in [0, 0.1) is 5.41 Å². The van der Waals surface area contributed by atoms with Crippen molar-refractivity contribution in [1.29, 1.82) is 0 Å². The van der Waals surface area contributed by atoms with Gasteiger partial charge in [-0.25, -0.2) is 0 Å². The highest BCUT2D eigenvalue weighted by Crippen LogP contribution is 2.49. The fourth-order valence-corrected chi connectivity index (χ4v) is 4.81. The highest BCUT2D eigenvalue weighted by atomic mass is 16.5. The summed E-state index contributed by atoms with van der Waals surface area (Å²) in [6.07, 6.45) is 0. The number of benzene rings is 2. The van der Waals surface area contributed by atoms with Gasteiger partial charge in [0.2, 0.25) is 0 Å². The summed E-state index contributed by atoms with van der Waals surface area (Å²) >= 11 is 0. The molecule has 0 radical (unpaired) electrons. The van der Waals surface area contributed by atoms with Crippen LogP contribution in [-0.4, -0.2) is 48.4 Å². The third-order valence-electron chi connectivity index (χ3n) is 6.37. The van der Waals surface area contributed by atoms with Gasteiger partial charge in [0.1, 0.15) is 11.5 Å². The van der Waals surface area contributed by atoms with Crippen LogP contribution in [0.25, 0.3) is 10.9 Å². The molecule has 0 bridgehead atoms. The minimum Gasteiger partial charge on any atom is -0.497 e. The van der Waals surface area contributed by atoms with Crippen LogP contribution in [0.1, 0.15) is 17.0 Å². The van der Waals surface area contributed by atoms with E-state index in [9.17, 15) is 9.90 Å². The SMILES string of the molecule is COc1ccc2[nH]c(=O)c(CN3C[C@@H]4c5ccccc5OC[C@]4(CO)C3)cc2c1. The second kappa shape index (κ2) is 6.90. The lowest BCUT2D eigenvalue weighted by Gasteiger charge is -2.38. The van der Waals surface area contributed by atoms with Gasteiger partial charge in [0, 0.05) is 47.4 Å². The summed E-state index contributed by atoms with van der Waals surface area (Å²) in [6.45, 7) is 2.57. The van der Waals surface area contributed by atoms with Crippen molar-refractivity contribution < 1.29 is 14.6 Å². The van der Waals surface area contributed by atoms with Gasteiger partial charge in [0.25, 0.3) is 5.56 Å². The van der Waals surface area contributed by atoms with E-state index >= 15 is 0 Å². The molecule has 29 heavy (non-hydrogen) atoms. The predicted molar refractivity (Wildman–Crippen MR) is 111 cm³/mol. The predicted octanol–water partition coefficient (Wildman–Crippen LogP) is 2.51. The Morgan fingerprint density at radius 2 is 2.14 bits per heavy atom. The van der Waals surface area contributed by atoms with Crippen LogP contribution < -0.4 is 15.0 Å². The van der Waals surface area contributed by atoms with Gasteiger partial charge in [-0.2, -0.15) is 0 Å². The van der Waals surface area contributed by atoms with Crippen molar-refractivity contribution in [2.24, 2.45) is 5.41 Å². The Balaban J connectivity index is 1.46. The minimum absolute atomic E-state index is 0.0633. The minimum atomic E-state index is -0.332. The summed E-state index contributed by atoms with van der Waals surface area (Å²) in [5, 5.41) is 11.2. The first kappa shape index (κ1) is 18.2. The summed E-state index contributed by atoms with van der Waals surface area (Å²) in [7, 11) is 1.63. The summed E-state index contributed by atoms with van der Waals surface area (Å²) in [4.78, 5) is 17.9. The number of likely N-dealkylation sites (tertiary alicyclic amines) is 1. The van der Waals surface area contributed by atoms with Crippen LogP contribution in [0.3, 0.4) is 0 Å². The number of pyridine rings is 1. The van der Waals surface area contributed by atoms with Gasteiger partial charge in [0.15, 0.2) is 0 Å². The molecule has 1 saturated heterocycles. The van der Waals surface area contributed by atoms with E-state index in [2.05, 4.69) is 16.0 Å². The zero-order chi connectivity index (χ0) is 20.0. The van der Waals surface area contributed by atoms with Crippen LogP contribution in [0.4, 0.5) is 0 Å². The molecule has 2 aliphatic rings. The number of hydrogen-bond acceptors (Lipinski definition) is 5. The van der Waals surface area contributed by atoms with E-state index in [1.54, 1.807) is 7.11 Å². The zero-order valence-corrected chi connectivity index (χ0v) is 16.4. The van der Waals surface area contributed by atoms with E-state index in [-0.39, 0.29) is 23.5 Å². The van der Waals surface area contributed by atoms with E-state index in [1.165, 1.54) is 0 Å². The Hall–Kier alpha value is -2.83. The number of H-pyrrole nitrogens is 1. The topological polar surface area (TPSA) is 74.8 Å². The average molecular weight is 392 g/mol. The third-order valence-corrected chi connectivity index (χ3v) is 6.37. The second-order valence-corrected chi connectivity index (χ2v) is 8.15. The monoisotopic (exact) mass is 392 g/mol. The third kappa shape index (κ3) is 2.99. The molecule has 0 amide bonds. The molecule has 150 valence electrons. The van der Waals surface area contributed by atoms with Crippen molar-refractivity contribution in [3.05, 3.63) is 70.0 Å². The number of nitrogens with zero attached hydrogens (tertiary/aromatic N) is 1. The number of aromatic amines is 1.